The molecule has 1 aromatic rings. The van der Waals surface area contributed by atoms with Gasteiger partial charge in [0.05, 0.1) is 12.3 Å². The summed E-state index contributed by atoms with van der Waals surface area (Å²) in [6, 6.07) is -0.00417. The van der Waals surface area contributed by atoms with Crippen LogP contribution in [0.2, 0.25) is 0 Å². The summed E-state index contributed by atoms with van der Waals surface area (Å²) >= 11 is 0. The van der Waals surface area contributed by atoms with Crippen LogP contribution < -0.4 is 4.72 Å². The van der Waals surface area contributed by atoms with Gasteiger partial charge in [0.25, 0.3) is 0 Å². The van der Waals surface area contributed by atoms with Gasteiger partial charge in [-0.1, -0.05) is 5.16 Å². The fourth-order valence-corrected chi connectivity index (χ4v) is 4.55. The number of rotatable bonds is 6. The highest BCUT2D eigenvalue weighted by atomic mass is 32.2. The summed E-state index contributed by atoms with van der Waals surface area (Å²) in [4.78, 5) is 6.37. The first-order valence-corrected chi connectivity index (χ1v) is 9.17. The predicted octanol–water partition coefficient (Wildman–Crippen LogP) is 0.672. The first kappa shape index (κ1) is 14.9. The van der Waals surface area contributed by atoms with Gasteiger partial charge in [0.15, 0.2) is 5.82 Å². The Morgan fingerprint density at radius 2 is 2.19 bits per heavy atom. The number of aromatic nitrogens is 2. The van der Waals surface area contributed by atoms with Crippen molar-refractivity contribution in [2.24, 2.45) is 5.92 Å². The molecule has 118 valence electrons. The van der Waals surface area contributed by atoms with Gasteiger partial charge in [0.1, 0.15) is 0 Å². The highest BCUT2D eigenvalue weighted by Crippen LogP contribution is 2.30. The topological polar surface area (TPSA) is 88.3 Å². The molecule has 1 aliphatic carbocycles. The van der Waals surface area contributed by atoms with Crippen molar-refractivity contribution in [3.63, 3.8) is 0 Å². The summed E-state index contributed by atoms with van der Waals surface area (Å²) in [6.07, 6.45) is 3.98. The second-order valence-electron chi connectivity index (χ2n) is 6.15. The molecule has 0 aromatic carbocycles. The average Bonchev–Trinajstić information content (AvgIpc) is 3.10. The molecule has 0 radical (unpaired) electrons. The van der Waals surface area contributed by atoms with E-state index in [1.54, 1.807) is 6.92 Å². The number of likely N-dealkylation sites (tertiary alicyclic amines) is 1. The summed E-state index contributed by atoms with van der Waals surface area (Å²) in [5.74, 6) is 1.88. The van der Waals surface area contributed by atoms with Crippen molar-refractivity contribution in [2.75, 3.05) is 18.8 Å². The molecule has 21 heavy (non-hydrogen) atoms. The van der Waals surface area contributed by atoms with Crippen molar-refractivity contribution in [3.8, 4) is 0 Å². The monoisotopic (exact) mass is 314 g/mol. The summed E-state index contributed by atoms with van der Waals surface area (Å²) in [5.41, 5.74) is 0. The molecule has 3 rings (SSSR count). The third kappa shape index (κ3) is 4.49. The van der Waals surface area contributed by atoms with Crippen LogP contribution in [0.25, 0.3) is 0 Å². The number of nitrogens with one attached hydrogen (secondary N) is 1. The lowest BCUT2D eigenvalue weighted by molar-refractivity contribution is 0.188. The van der Waals surface area contributed by atoms with Crippen LogP contribution in [0.15, 0.2) is 4.52 Å². The molecule has 0 spiro atoms. The molecule has 2 fully saturated rings. The molecule has 7 nitrogen and oxygen atoms in total. The summed E-state index contributed by atoms with van der Waals surface area (Å²) in [5, 5.41) is 3.89. The van der Waals surface area contributed by atoms with Gasteiger partial charge < -0.3 is 4.52 Å². The Morgan fingerprint density at radius 1 is 1.38 bits per heavy atom. The van der Waals surface area contributed by atoms with E-state index in [0.717, 1.165) is 32.2 Å². The summed E-state index contributed by atoms with van der Waals surface area (Å²) in [6.45, 7) is 4.02. The quantitative estimate of drug-likeness (QED) is 0.830. The van der Waals surface area contributed by atoms with Crippen LogP contribution in [0.3, 0.4) is 0 Å². The number of aryl methyl sites for hydroxylation is 1. The van der Waals surface area contributed by atoms with E-state index in [4.69, 9.17) is 4.52 Å². The van der Waals surface area contributed by atoms with E-state index >= 15 is 0 Å². The van der Waals surface area contributed by atoms with E-state index in [1.165, 1.54) is 0 Å². The molecular weight excluding hydrogens is 292 g/mol. The molecule has 1 N–H and O–H groups in total. The van der Waals surface area contributed by atoms with Crippen molar-refractivity contribution in [3.05, 3.63) is 11.7 Å². The van der Waals surface area contributed by atoms with E-state index in [9.17, 15) is 8.42 Å². The molecule has 1 aliphatic heterocycles. The van der Waals surface area contributed by atoms with E-state index < -0.39 is 10.0 Å². The third-order valence-corrected chi connectivity index (χ3v) is 5.54. The van der Waals surface area contributed by atoms with Gasteiger partial charge in [-0.25, -0.2) is 13.1 Å². The lowest BCUT2D eigenvalue weighted by Crippen LogP contribution is -2.48. The number of hydrogen-bond acceptors (Lipinski definition) is 6. The lowest BCUT2D eigenvalue weighted by atomic mass is 10.1. The molecule has 0 amide bonds. The van der Waals surface area contributed by atoms with Gasteiger partial charge in [-0.3, -0.25) is 4.90 Å². The van der Waals surface area contributed by atoms with E-state index in [0.29, 0.717) is 30.7 Å². The van der Waals surface area contributed by atoms with Gasteiger partial charge in [-0.05, 0) is 38.1 Å². The second-order valence-corrected chi connectivity index (χ2v) is 7.95. The smallest absolute Gasteiger partial charge is 0.223 e. The van der Waals surface area contributed by atoms with Gasteiger partial charge >= 0.3 is 0 Å². The van der Waals surface area contributed by atoms with Gasteiger partial charge in [0, 0.05) is 19.5 Å². The molecule has 8 heteroatoms. The summed E-state index contributed by atoms with van der Waals surface area (Å²) < 4.78 is 31.9. The Balaban J connectivity index is 1.52. The third-order valence-electron chi connectivity index (χ3n) is 3.94. The number of nitrogens with zero attached hydrogens (tertiary/aromatic N) is 3. The molecule has 1 aromatic heterocycles. The number of sulfonamides is 1. The van der Waals surface area contributed by atoms with Crippen LogP contribution in [0.5, 0.6) is 0 Å². The summed E-state index contributed by atoms with van der Waals surface area (Å²) in [7, 11) is -3.14. The number of hydrogen-bond donors (Lipinski definition) is 1. The van der Waals surface area contributed by atoms with Crippen LogP contribution >= 0.6 is 0 Å². The van der Waals surface area contributed by atoms with Crippen molar-refractivity contribution in [1.29, 1.82) is 0 Å². The molecule has 1 unspecified atom stereocenters. The van der Waals surface area contributed by atoms with Crippen LogP contribution in [0.1, 0.15) is 37.4 Å². The largest absolute Gasteiger partial charge is 0.340 e. The maximum Gasteiger partial charge on any atom is 0.223 e. The van der Waals surface area contributed by atoms with Crippen molar-refractivity contribution in [1.82, 2.24) is 19.8 Å². The Bertz CT molecular complexity index is 582. The highest BCUT2D eigenvalue weighted by Gasteiger charge is 2.30. The lowest BCUT2D eigenvalue weighted by Gasteiger charge is -2.32. The maximum atomic E-state index is 12.0. The van der Waals surface area contributed by atoms with Crippen molar-refractivity contribution in [2.45, 2.75) is 45.2 Å². The van der Waals surface area contributed by atoms with Crippen LogP contribution in [-0.2, 0) is 16.6 Å². The SMILES string of the molecule is Cc1nc(CN2CCCC(NS(=O)(=O)CC3CC3)C2)no1. The highest BCUT2D eigenvalue weighted by molar-refractivity contribution is 7.89. The minimum atomic E-state index is -3.14. The fraction of sp³-hybridized carbons (Fsp3) is 0.846. The Morgan fingerprint density at radius 3 is 2.86 bits per heavy atom. The Hall–Kier alpha value is -0.990. The van der Waals surface area contributed by atoms with Crippen molar-refractivity contribution >= 4 is 10.0 Å². The van der Waals surface area contributed by atoms with Gasteiger partial charge in [-0.15, -0.1) is 0 Å². The predicted molar refractivity (Wildman–Crippen MR) is 77.0 cm³/mol. The zero-order chi connectivity index (χ0) is 14.9. The molecule has 2 heterocycles. The van der Waals surface area contributed by atoms with Crippen LogP contribution in [0, 0.1) is 12.8 Å². The molecule has 1 saturated heterocycles. The first-order chi connectivity index (χ1) is 10.00. The second kappa shape index (κ2) is 6.02. The first-order valence-electron chi connectivity index (χ1n) is 7.52. The van der Waals surface area contributed by atoms with Crippen LogP contribution in [0.4, 0.5) is 0 Å². The normalized spacial score (nSPS) is 24.3. The van der Waals surface area contributed by atoms with E-state index in [2.05, 4.69) is 19.8 Å². The fourth-order valence-electron chi connectivity index (χ4n) is 2.80. The molecule has 0 bridgehead atoms. The Labute approximate surface area is 125 Å². The minimum absolute atomic E-state index is 0.00417. The molecule has 2 aliphatic rings. The minimum Gasteiger partial charge on any atom is -0.340 e. The zero-order valence-corrected chi connectivity index (χ0v) is 13.1. The molecule has 1 saturated carbocycles. The van der Waals surface area contributed by atoms with Crippen LogP contribution in [-0.4, -0.2) is 48.3 Å². The van der Waals surface area contributed by atoms with Crippen molar-refractivity contribution < 1.29 is 12.9 Å². The number of piperidine rings is 1. The van der Waals surface area contributed by atoms with Gasteiger partial charge in [0.2, 0.25) is 15.9 Å². The van der Waals surface area contributed by atoms with E-state index in [-0.39, 0.29) is 11.8 Å². The Kier molecular flexibility index (Phi) is 4.28. The molecular formula is C13H22N4O3S. The van der Waals surface area contributed by atoms with Gasteiger partial charge in [-0.2, -0.15) is 4.98 Å². The maximum absolute atomic E-state index is 12.0. The van der Waals surface area contributed by atoms with E-state index in [1.807, 2.05) is 0 Å². The average molecular weight is 314 g/mol. The standard InChI is InChI=1S/C13H22N4O3S/c1-10-14-13(15-20-10)8-17-6-2-3-12(7-17)16-21(18,19)9-11-4-5-11/h11-12,16H,2-9H2,1H3. The molecule has 1 atom stereocenters. The zero-order valence-electron chi connectivity index (χ0n) is 12.3.